The fraction of sp³-hybridized carbons (Fsp3) is 0.583. The van der Waals surface area contributed by atoms with Gasteiger partial charge in [-0.1, -0.05) is 11.6 Å². The number of phosphoric ester groups is 1. The third kappa shape index (κ3) is 10.7. The molecular formula is C24H37N2O10P. The van der Waals surface area contributed by atoms with Crippen molar-refractivity contribution in [3.8, 4) is 0 Å². The largest absolute Gasteiger partial charge is 0.510 e. The van der Waals surface area contributed by atoms with Crippen LogP contribution in [-0.4, -0.2) is 68.2 Å². The Morgan fingerprint density at radius 1 is 0.946 bits per heavy atom. The molecule has 1 aromatic carbocycles. The van der Waals surface area contributed by atoms with Gasteiger partial charge >= 0.3 is 20.1 Å². The lowest BCUT2D eigenvalue weighted by atomic mass is 10.1. The van der Waals surface area contributed by atoms with E-state index in [2.05, 4.69) is 11.0 Å². The molecule has 13 heteroatoms. The first-order valence-corrected chi connectivity index (χ1v) is 13.3. The van der Waals surface area contributed by atoms with E-state index in [4.69, 9.17) is 32.5 Å². The van der Waals surface area contributed by atoms with E-state index in [0.717, 1.165) is 35.0 Å². The van der Waals surface area contributed by atoms with Crippen LogP contribution in [0.5, 0.6) is 0 Å². The van der Waals surface area contributed by atoms with Crippen molar-refractivity contribution in [2.24, 2.45) is 0 Å². The second kappa shape index (κ2) is 14.3. The topological polar surface area (TPSA) is 124 Å². The minimum atomic E-state index is -4.37. The van der Waals surface area contributed by atoms with Crippen LogP contribution in [0, 0.1) is 6.92 Å². The number of fused-ring (bicyclic) bond motifs is 1. The molecule has 0 fully saturated rings. The minimum Gasteiger partial charge on any atom is -0.432 e. The lowest BCUT2D eigenvalue weighted by molar-refractivity contribution is -0.0486. The molecule has 0 spiro atoms. The molecular weight excluding hydrogens is 507 g/mol. The van der Waals surface area contributed by atoms with Crippen LogP contribution in [0.1, 0.15) is 38.8 Å². The summed E-state index contributed by atoms with van der Waals surface area (Å²) in [5, 5.41) is 1.04. The molecule has 1 heterocycles. The first-order chi connectivity index (χ1) is 17.4. The predicted molar refractivity (Wildman–Crippen MR) is 135 cm³/mol. The van der Waals surface area contributed by atoms with Gasteiger partial charge in [0, 0.05) is 18.1 Å². The average molecular weight is 545 g/mol. The molecule has 37 heavy (non-hydrogen) atoms. The SMILES string of the molecule is Cc1ccc2c(c1)c(CCN(C)C)cn2COP(=O)(OCOC(=O)OC(C)C)OCOC(=O)OC(C)C. The highest BCUT2D eigenvalue weighted by Gasteiger charge is 2.29. The van der Waals surface area contributed by atoms with Crippen LogP contribution in [0.4, 0.5) is 9.59 Å². The number of carbonyl (C=O) groups is 2. The maximum absolute atomic E-state index is 13.3. The summed E-state index contributed by atoms with van der Waals surface area (Å²) in [6, 6.07) is 5.98. The lowest BCUT2D eigenvalue weighted by Crippen LogP contribution is -2.17. The standard InChI is InChI=1S/C24H37N2O10P/c1-17(2)35-23(27)30-15-33-37(29,34-16-31-24(28)36-18(3)4)32-14-26-13-20(10-11-25(6)7)21-12-19(5)8-9-22(21)26/h8-9,12-13,17-18H,10-11,14-16H2,1-7H3. The zero-order valence-electron chi connectivity index (χ0n) is 22.4. The van der Waals surface area contributed by atoms with Gasteiger partial charge in [0.05, 0.1) is 17.7 Å². The van der Waals surface area contributed by atoms with E-state index >= 15 is 0 Å². The second-order valence-corrected chi connectivity index (χ2v) is 10.7. The number of nitrogens with zero attached hydrogens (tertiary/aromatic N) is 2. The van der Waals surface area contributed by atoms with Crippen molar-refractivity contribution in [3.63, 3.8) is 0 Å². The first kappa shape index (κ1) is 30.6. The van der Waals surface area contributed by atoms with E-state index in [0.29, 0.717) is 0 Å². The van der Waals surface area contributed by atoms with Crippen molar-refractivity contribution < 1.29 is 46.7 Å². The van der Waals surface area contributed by atoms with E-state index in [1.165, 1.54) is 0 Å². The lowest BCUT2D eigenvalue weighted by Gasteiger charge is -2.18. The van der Waals surface area contributed by atoms with Crippen molar-refractivity contribution in [2.45, 2.75) is 60.0 Å². The van der Waals surface area contributed by atoms with E-state index in [1.807, 2.05) is 39.3 Å². The number of aromatic nitrogens is 1. The highest BCUT2D eigenvalue weighted by Crippen LogP contribution is 2.50. The predicted octanol–water partition coefficient (Wildman–Crippen LogP) is 5.21. The van der Waals surface area contributed by atoms with E-state index in [9.17, 15) is 14.2 Å². The third-order valence-corrected chi connectivity index (χ3v) is 6.02. The van der Waals surface area contributed by atoms with Gasteiger partial charge < -0.3 is 28.4 Å². The Bertz CT molecular complexity index is 1050. The third-order valence-electron chi connectivity index (χ3n) is 4.74. The van der Waals surface area contributed by atoms with Gasteiger partial charge in [-0.15, -0.1) is 0 Å². The van der Waals surface area contributed by atoms with E-state index in [1.54, 1.807) is 32.3 Å². The summed E-state index contributed by atoms with van der Waals surface area (Å²) >= 11 is 0. The zero-order chi connectivity index (χ0) is 27.6. The van der Waals surface area contributed by atoms with Gasteiger partial charge in [0.1, 0.15) is 6.73 Å². The highest BCUT2D eigenvalue weighted by atomic mass is 31.2. The fourth-order valence-electron chi connectivity index (χ4n) is 3.11. The highest BCUT2D eigenvalue weighted by molar-refractivity contribution is 7.48. The molecule has 0 atom stereocenters. The molecule has 0 bridgehead atoms. The molecule has 0 aliphatic carbocycles. The van der Waals surface area contributed by atoms with Crippen molar-refractivity contribution in [3.05, 3.63) is 35.5 Å². The van der Waals surface area contributed by atoms with Crippen LogP contribution < -0.4 is 0 Å². The van der Waals surface area contributed by atoms with Crippen LogP contribution in [0.2, 0.25) is 0 Å². The summed E-state index contributed by atoms with van der Waals surface area (Å²) in [5.74, 6) is 0. The molecule has 0 amide bonds. The maximum Gasteiger partial charge on any atom is 0.510 e. The number of aryl methyl sites for hydroxylation is 1. The molecule has 0 unspecified atom stereocenters. The van der Waals surface area contributed by atoms with Gasteiger partial charge in [-0.05, 0) is 72.8 Å². The number of benzene rings is 1. The molecule has 0 aliphatic heterocycles. The molecule has 1 aromatic heterocycles. The summed E-state index contributed by atoms with van der Waals surface area (Å²) in [7, 11) is -0.376. The molecule has 208 valence electrons. The van der Waals surface area contributed by atoms with Gasteiger partial charge in [0.15, 0.2) is 0 Å². The molecule has 0 saturated carbocycles. The van der Waals surface area contributed by atoms with Crippen molar-refractivity contribution in [1.29, 1.82) is 0 Å². The number of phosphoric acid groups is 1. The number of hydrogen-bond donors (Lipinski definition) is 0. The van der Waals surface area contributed by atoms with Crippen molar-refractivity contribution in [2.75, 3.05) is 34.2 Å². The number of carbonyl (C=O) groups excluding carboxylic acids is 2. The van der Waals surface area contributed by atoms with Crippen LogP contribution >= 0.6 is 7.82 Å². The number of hydrogen-bond acceptors (Lipinski definition) is 11. The molecule has 2 aromatic rings. The van der Waals surface area contributed by atoms with Crippen molar-refractivity contribution in [1.82, 2.24) is 9.47 Å². The van der Waals surface area contributed by atoms with Gasteiger partial charge in [-0.25, -0.2) is 23.2 Å². The summed E-state index contributed by atoms with van der Waals surface area (Å²) < 4.78 is 50.0. The maximum atomic E-state index is 13.3. The quantitative estimate of drug-likeness (QED) is 0.177. The fourth-order valence-corrected chi connectivity index (χ4v) is 3.96. The van der Waals surface area contributed by atoms with Gasteiger partial charge in [-0.2, -0.15) is 0 Å². The zero-order valence-corrected chi connectivity index (χ0v) is 23.3. The number of likely N-dealkylation sites (N-methyl/N-ethyl adjacent to an activating group) is 1. The first-order valence-electron chi connectivity index (χ1n) is 11.8. The minimum absolute atomic E-state index is 0.217. The van der Waals surface area contributed by atoms with Gasteiger partial charge in [0.2, 0.25) is 13.6 Å². The summed E-state index contributed by atoms with van der Waals surface area (Å²) in [6.45, 7) is 7.64. The monoisotopic (exact) mass is 544 g/mol. The van der Waals surface area contributed by atoms with E-state index in [-0.39, 0.29) is 6.73 Å². The second-order valence-electron chi connectivity index (χ2n) is 9.02. The Hall–Kier alpha value is -2.63. The molecule has 0 aliphatic rings. The van der Waals surface area contributed by atoms with Crippen LogP contribution in [-0.2, 0) is 50.2 Å². The molecule has 0 saturated heterocycles. The Morgan fingerprint density at radius 2 is 1.51 bits per heavy atom. The van der Waals surface area contributed by atoms with Crippen LogP contribution in [0.25, 0.3) is 10.9 Å². The molecule has 2 rings (SSSR count). The van der Waals surface area contributed by atoms with Gasteiger partial charge in [-0.3, -0.25) is 4.52 Å². The molecule has 0 radical (unpaired) electrons. The molecule has 0 N–H and O–H groups in total. The van der Waals surface area contributed by atoms with Gasteiger partial charge in [0.25, 0.3) is 0 Å². The Balaban J connectivity index is 2.14. The van der Waals surface area contributed by atoms with Crippen LogP contribution in [0.3, 0.4) is 0 Å². The normalized spacial score (nSPS) is 11.9. The summed E-state index contributed by atoms with van der Waals surface area (Å²) in [6.07, 6.45) is -0.169. The van der Waals surface area contributed by atoms with E-state index < -0.39 is 45.9 Å². The number of rotatable bonds is 14. The Morgan fingerprint density at radius 3 is 2.03 bits per heavy atom. The Labute approximate surface area is 217 Å². The van der Waals surface area contributed by atoms with Crippen molar-refractivity contribution >= 4 is 31.0 Å². The molecule has 12 nitrogen and oxygen atoms in total. The smallest absolute Gasteiger partial charge is 0.432 e. The average Bonchev–Trinajstić information content (AvgIpc) is 3.12. The summed E-state index contributed by atoms with van der Waals surface area (Å²) in [5.41, 5.74) is 3.05. The Kier molecular flexibility index (Phi) is 11.9. The number of ether oxygens (including phenoxy) is 4. The van der Waals surface area contributed by atoms with Crippen LogP contribution in [0.15, 0.2) is 24.4 Å². The summed E-state index contributed by atoms with van der Waals surface area (Å²) in [4.78, 5) is 25.3.